The molecule has 0 aromatic heterocycles. The number of rotatable bonds is 4. The van der Waals surface area contributed by atoms with Crippen LogP contribution in [0.2, 0.25) is 0 Å². The molecule has 0 aliphatic rings. The van der Waals surface area contributed by atoms with E-state index in [2.05, 4.69) is 39.9 Å². The van der Waals surface area contributed by atoms with Gasteiger partial charge < -0.3 is 28.5 Å². The lowest BCUT2D eigenvalue weighted by Crippen LogP contribution is -3.00. The third-order valence-corrected chi connectivity index (χ3v) is 1.69. The molecule has 0 rings (SSSR count). The Morgan fingerprint density at radius 3 is 2.00 bits per heavy atom. The molecule has 0 N–H and O–H groups in total. The minimum atomic E-state index is 0. The lowest BCUT2D eigenvalue weighted by Gasteiger charge is -2.22. The molecule has 1 nitrogen and oxygen atoms in total. The standard InChI is InChI=1S/C11H22N.HI/c1-5-6-7-8-9-10-11-12(2,3)4;/h5-7,10-11H2,1-4H3;1H/q+1;/p-1. The summed E-state index contributed by atoms with van der Waals surface area (Å²) in [5.41, 5.74) is 0. The largest absolute Gasteiger partial charge is 1.00 e. The molecule has 0 spiro atoms. The maximum Gasteiger partial charge on any atom is 0.0891 e. The molecular weight excluding hydrogens is 273 g/mol. The molecule has 0 bridgehead atoms. The van der Waals surface area contributed by atoms with Gasteiger partial charge in [0.1, 0.15) is 0 Å². The first-order chi connectivity index (χ1) is 5.56. The number of unbranched alkanes of at least 4 members (excludes halogenated alkanes) is 2. The smallest absolute Gasteiger partial charge is 0.0891 e. The van der Waals surface area contributed by atoms with Crippen LogP contribution in [0.5, 0.6) is 0 Å². The van der Waals surface area contributed by atoms with Crippen molar-refractivity contribution in [3.05, 3.63) is 0 Å². The number of quaternary nitrogens is 1. The highest BCUT2D eigenvalue weighted by Crippen LogP contribution is 1.93. The van der Waals surface area contributed by atoms with Gasteiger partial charge in [0.05, 0.1) is 34.1 Å². The fraction of sp³-hybridized carbons (Fsp3) is 0.818. The molecule has 0 fully saturated rings. The highest BCUT2D eigenvalue weighted by molar-refractivity contribution is 4.98. The molecule has 0 amide bonds. The van der Waals surface area contributed by atoms with Gasteiger partial charge in [-0.25, -0.2) is 0 Å². The van der Waals surface area contributed by atoms with E-state index in [1.54, 1.807) is 0 Å². The average molecular weight is 295 g/mol. The van der Waals surface area contributed by atoms with Crippen LogP contribution in [0.4, 0.5) is 0 Å². The summed E-state index contributed by atoms with van der Waals surface area (Å²) in [5, 5.41) is 0. The molecule has 0 aromatic rings. The SMILES string of the molecule is CCCCC#CCC[N+](C)(C)C.[I-]. The minimum Gasteiger partial charge on any atom is -1.00 e. The zero-order valence-electron chi connectivity index (χ0n) is 9.36. The Morgan fingerprint density at radius 1 is 1.00 bits per heavy atom. The summed E-state index contributed by atoms with van der Waals surface area (Å²) < 4.78 is 1.02. The highest BCUT2D eigenvalue weighted by Gasteiger charge is 2.02. The van der Waals surface area contributed by atoms with E-state index < -0.39 is 0 Å². The van der Waals surface area contributed by atoms with Crippen LogP contribution in [0.3, 0.4) is 0 Å². The zero-order valence-corrected chi connectivity index (χ0v) is 11.5. The van der Waals surface area contributed by atoms with E-state index in [0.717, 1.165) is 23.9 Å². The topological polar surface area (TPSA) is 0 Å². The van der Waals surface area contributed by atoms with E-state index in [1.165, 1.54) is 12.8 Å². The van der Waals surface area contributed by atoms with Crippen molar-refractivity contribution in [2.24, 2.45) is 0 Å². The average Bonchev–Trinajstić information content (AvgIpc) is 1.94. The lowest BCUT2D eigenvalue weighted by molar-refractivity contribution is -0.869. The van der Waals surface area contributed by atoms with Crippen LogP contribution in [0.1, 0.15) is 32.6 Å². The second-order valence-electron chi connectivity index (χ2n) is 4.22. The van der Waals surface area contributed by atoms with Gasteiger partial charge in [0.2, 0.25) is 0 Å². The molecule has 78 valence electrons. The van der Waals surface area contributed by atoms with Gasteiger partial charge in [0, 0.05) is 6.42 Å². The van der Waals surface area contributed by atoms with Crippen LogP contribution in [0.15, 0.2) is 0 Å². The Kier molecular flexibility index (Phi) is 10.7. The molecule has 0 aliphatic carbocycles. The summed E-state index contributed by atoms with van der Waals surface area (Å²) in [5.74, 6) is 6.41. The summed E-state index contributed by atoms with van der Waals surface area (Å²) in [4.78, 5) is 0. The lowest BCUT2D eigenvalue weighted by atomic mass is 10.2. The van der Waals surface area contributed by atoms with Gasteiger partial charge in [-0.05, 0) is 6.42 Å². The van der Waals surface area contributed by atoms with Gasteiger partial charge in [0.25, 0.3) is 0 Å². The third kappa shape index (κ3) is 15.0. The van der Waals surface area contributed by atoms with Gasteiger partial charge in [-0.1, -0.05) is 19.3 Å². The normalized spacial score (nSPS) is 9.85. The van der Waals surface area contributed by atoms with Crippen molar-refractivity contribution in [3.63, 3.8) is 0 Å². The molecule has 0 heterocycles. The van der Waals surface area contributed by atoms with Crippen molar-refractivity contribution in [1.29, 1.82) is 0 Å². The van der Waals surface area contributed by atoms with E-state index in [-0.39, 0.29) is 24.0 Å². The van der Waals surface area contributed by atoms with E-state index >= 15 is 0 Å². The second kappa shape index (κ2) is 8.83. The number of halogens is 1. The predicted octanol–water partition coefficient (Wildman–Crippen LogP) is -0.720. The summed E-state index contributed by atoms with van der Waals surface area (Å²) in [7, 11) is 6.61. The molecule has 0 saturated heterocycles. The maximum atomic E-state index is 3.21. The van der Waals surface area contributed by atoms with Crippen LogP contribution in [0.25, 0.3) is 0 Å². The predicted molar refractivity (Wildman–Crippen MR) is 54.8 cm³/mol. The van der Waals surface area contributed by atoms with Gasteiger partial charge in [-0.2, -0.15) is 0 Å². The summed E-state index contributed by atoms with van der Waals surface area (Å²) in [6.07, 6.45) is 4.61. The molecule has 0 unspecified atom stereocenters. The molecular formula is C11H22IN. The van der Waals surface area contributed by atoms with Gasteiger partial charge in [-0.15, -0.1) is 5.92 Å². The van der Waals surface area contributed by atoms with Crippen LogP contribution in [-0.2, 0) is 0 Å². The van der Waals surface area contributed by atoms with Crippen molar-refractivity contribution in [2.45, 2.75) is 32.6 Å². The summed E-state index contributed by atoms with van der Waals surface area (Å²) in [6, 6.07) is 0. The fourth-order valence-electron chi connectivity index (χ4n) is 0.833. The van der Waals surface area contributed by atoms with Crippen LogP contribution in [-0.4, -0.2) is 32.2 Å². The Bertz CT molecular complexity index is 159. The van der Waals surface area contributed by atoms with E-state index in [9.17, 15) is 0 Å². The number of nitrogens with zero attached hydrogens (tertiary/aromatic N) is 1. The molecule has 0 atom stereocenters. The second-order valence-corrected chi connectivity index (χ2v) is 4.22. The van der Waals surface area contributed by atoms with Crippen molar-refractivity contribution >= 4 is 0 Å². The Balaban J connectivity index is 0. The molecule has 0 aromatic carbocycles. The summed E-state index contributed by atoms with van der Waals surface area (Å²) in [6.45, 7) is 3.35. The molecule has 0 aliphatic heterocycles. The first-order valence-electron chi connectivity index (χ1n) is 4.82. The van der Waals surface area contributed by atoms with Crippen molar-refractivity contribution in [2.75, 3.05) is 27.7 Å². The molecule has 0 saturated carbocycles. The van der Waals surface area contributed by atoms with Crippen LogP contribution >= 0.6 is 0 Å². The van der Waals surface area contributed by atoms with Crippen LogP contribution < -0.4 is 24.0 Å². The van der Waals surface area contributed by atoms with Crippen molar-refractivity contribution < 1.29 is 28.5 Å². The zero-order chi connectivity index (χ0) is 9.45. The first-order valence-corrected chi connectivity index (χ1v) is 4.82. The maximum absolute atomic E-state index is 3.21. The summed E-state index contributed by atoms with van der Waals surface area (Å²) >= 11 is 0. The monoisotopic (exact) mass is 295 g/mol. The quantitative estimate of drug-likeness (QED) is 0.278. The molecule has 2 heteroatoms. The van der Waals surface area contributed by atoms with Crippen molar-refractivity contribution in [3.8, 4) is 11.8 Å². The Hall–Kier alpha value is 0.250. The highest BCUT2D eigenvalue weighted by atomic mass is 127. The van der Waals surface area contributed by atoms with E-state index in [1.807, 2.05) is 0 Å². The number of hydrogen-bond acceptors (Lipinski definition) is 0. The molecule has 0 radical (unpaired) electrons. The van der Waals surface area contributed by atoms with E-state index in [4.69, 9.17) is 0 Å². The van der Waals surface area contributed by atoms with Gasteiger partial charge in [0.15, 0.2) is 0 Å². The van der Waals surface area contributed by atoms with Crippen LogP contribution in [0, 0.1) is 11.8 Å². The van der Waals surface area contributed by atoms with Gasteiger partial charge >= 0.3 is 0 Å². The van der Waals surface area contributed by atoms with E-state index in [0.29, 0.717) is 0 Å². The Morgan fingerprint density at radius 2 is 1.54 bits per heavy atom. The third-order valence-electron chi connectivity index (χ3n) is 1.69. The first kappa shape index (κ1) is 15.7. The Labute approximate surface area is 101 Å². The van der Waals surface area contributed by atoms with Crippen molar-refractivity contribution in [1.82, 2.24) is 0 Å². The molecule has 13 heavy (non-hydrogen) atoms. The minimum absolute atomic E-state index is 0. The number of hydrogen-bond donors (Lipinski definition) is 0. The van der Waals surface area contributed by atoms with Gasteiger partial charge in [-0.3, -0.25) is 0 Å². The fourth-order valence-corrected chi connectivity index (χ4v) is 0.833.